The standard InChI is InChI=1S/C24H23BrN2O3/c1-16(2)30-22-14-11-18(25)15-21(22)23(28)26-19-12-9-17(10-13-19)24(29)27(3)20-7-5-4-6-8-20/h4-16H,1-3H3,(H,26,28). The highest BCUT2D eigenvalue weighted by molar-refractivity contribution is 9.10. The summed E-state index contributed by atoms with van der Waals surface area (Å²) in [4.78, 5) is 27.1. The predicted molar refractivity (Wildman–Crippen MR) is 123 cm³/mol. The number of para-hydroxylation sites is 1. The molecule has 0 bridgehead atoms. The van der Waals surface area contributed by atoms with Gasteiger partial charge in [-0.15, -0.1) is 0 Å². The van der Waals surface area contributed by atoms with Crippen molar-refractivity contribution in [3.8, 4) is 5.75 Å². The quantitative estimate of drug-likeness (QED) is 0.501. The van der Waals surface area contributed by atoms with E-state index < -0.39 is 0 Å². The van der Waals surface area contributed by atoms with Gasteiger partial charge in [0, 0.05) is 28.5 Å². The van der Waals surface area contributed by atoms with E-state index in [2.05, 4.69) is 21.2 Å². The predicted octanol–water partition coefficient (Wildman–Crippen LogP) is 5.77. The van der Waals surface area contributed by atoms with Crippen LogP contribution in [0, 0.1) is 0 Å². The van der Waals surface area contributed by atoms with Gasteiger partial charge in [0.1, 0.15) is 5.75 Å². The van der Waals surface area contributed by atoms with E-state index in [4.69, 9.17) is 4.74 Å². The molecular formula is C24H23BrN2O3. The van der Waals surface area contributed by atoms with Crippen LogP contribution >= 0.6 is 15.9 Å². The highest BCUT2D eigenvalue weighted by Gasteiger charge is 2.16. The lowest BCUT2D eigenvalue weighted by Gasteiger charge is -2.17. The molecule has 0 radical (unpaired) electrons. The van der Waals surface area contributed by atoms with Crippen LogP contribution in [0.25, 0.3) is 0 Å². The first-order chi connectivity index (χ1) is 14.3. The molecule has 30 heavy (non-hydrogen) atoms. The van der Waals surface area contributed by atoms with E-state index in [1.807, 2.05) is 50.2 Å². The van der Waals surface area contributed by atoms with Crippen molar-refractivity contribution in [2.45, 2.75) is 20.0 Å². The average molecular weight is 467 g/mol. The zero-order valence-electron chi connectivity index (χ0n) is 17.1. The molecule has 0 fully saturated rings. The van der Waals surface area contributed by atoms with Gasteiger partial charge in [0.25, 0.3) is 11.8 Å². The maximum absolute atomic E-state index is 12.8. The number of amides is 2. The summed E-state index contributed by atoms with van der Waals surface area (Å²) in [7, 11) is 1.73. The SMILES string of the molecule is CC(C)Oc1ccc(Br)cc1C(=O)Nc1ccc(C(=O)N(C)c2ccccc2)cc1. The van der Waals surface area contributed by atoms with Gasteiger partial charge in [-0.1, -0.05) is 34.1 Å². The van der Waals surface area contributed by atoms with Gasteiger partial charge in [-0.2, -0.15) is 0 Å². The Morgan fingerprint density at radius 3 is 2.27 bits per heavy atom. The molecule has 0 saturated carbocycles. The number of ether oxygens (including phenoxy) is 1. The minimum atomic E-state index is -0.285. The highest BCUT2D eigenvalue weighted by atomic mass is 79.9. The maximum atomic E-state index is 12.8. The first kappa shape index (κ1) is 21.6. The number of nitrogens with one attached hydrogen (secondary N) is 1. The first-order valence-corrected chi connectivity index (χ1v) is 10.3. The number of hydrogen-bond acceptors (Lipinski definition) is 3. The summed E-state index contributed by atoms with van der Waals surface area (Å²) in [5, 5.41) is 2.86. The van der Waals surface area contributed by atoms with Gasteiger partial charge >= 0.3 is 0 Å². The zero-order chi connectivity index (χ0) is 21.7. The van der Waals surface area contributed by atoms with Gasteiger partial charge in [-0.25, -0.2) is 0 Å². The molecule has 0 saturated heterocycles. The third-order valence-electron chi connectivity index (χ3n) is 4.39. The molecule has 1 N–H and O–H groups in total. The van der Waals surface area contributed by atoms with Crippen molar-refractivity contribution in [2.75, 3.05) is 17.3 Å². The van der Waals surface area contributed by atoms with Crippen LogP contribution in [0.4, 0.5) is 11.4 Å². The van der Waals surface area contributed by atoms with Gasteiger partial charge in [0.05, 0.1) is 11.7 Å². The van der Waals surface area contributed by atoms with Crippen molar-refractivity contribution in [3.05, 3.63) is 88.4 Å². The van der Waals surface area contributed by atoms with E-state index >= 15 is 0 Å². The van der Waals surface area contributed by atoms with Crippen molar-refractivity contribution >= 4 is 39.1 Å². The van der Waals surface area contributed by atoms with E-state index in [0.717, 1.165) is 10.2 Å². The smallest absolute Gasteiger partial charge is 0.259 e. The number of rotatable bonds is 6. The molecule has 0 aromatic heterocycles. The Bertz CT molecular complexity index is 1030. The zero-order valence-corrected chi connectivity index (χ0v) is 18.6. The van der Waals surface area contributed by atoms with E-state index in [-0.39, 0.29) is 17.9 Å². The Kier molecular flexibility index (Phi) is 6.90. The molecule has 3 aromatic rings. The Morgan fingerprint density at radius 2 is 1.63 bits per heavy atom. The van der Waals surface area contributed by atoms with Crippen molar-refractivity contribution in [1.29, 1.82) is 0 Å². The van der Waals surface area contributed by atoms with Crippen LogP contribution in [-0.2, 0) is 0 Å². The van der Waals surface area contributed by atoms with Gasteiger partial charge in [0.15, 0.2) is 0 Å². The second kappa shape index (κ2) is 9.59. The largest absolute Gasteiger partial charge is 0.490 e. The minimum absolute atomic E-state index is 0.0513. The van der Waals surface area contributed by atoms with Crippen LogP contribution in [0.15, 0.2) is 77.3 Å². The molecule has 0 aliphatic carbocycles. The monoisotopic (exact) mass is 466 g/mol. The number of nitrogens with zero attached hydrogens (tertiary/aromatic N) is 1. The van der Waals surface area contributed by atoms with Crippen molar-refractivity contribution in [1.82, 2.24) is 0 Å². The van der Waals surface area contributed by atoms with E-state index in [1.165, 1.54) is 0 Å². The lowest BCUT2D eigenvalue weighted by atomic mass is 10.1. The summed E-state index contributed by atoms with van der Waals surface area (Å²) in [6, 6.07) is 21.6. The molecule has 0 aliphatic heterocycles. The van der Waals surface area contributed by atoms with Gasteiger partial charge < -0.3 is 15.0 Å². The second-order valence-corrected chi connectivity index (χ2v) is 7.95. The minimum Gasteiger partial charge on any atom is -0.490 e. The topological polar surface area (TPSA) is 58.6 Å². The number of hydrogen-bond donors (Lipinski definition) is 1. The molecule has 0 spiro atoms. The number of halogens is 1. The van der Waals surface area contributed by atoms with Gasteiger partial charge in [0.2, 0.25) is 0 Å². The molecule has 2 amide bonds. The molecule has 0 heterocycles. The highest BCUT2D eigenvalue weighted by Crippen LogP contribution is 2.25. The Balaban J connectivity index is 1.74. The number of carbonyl (C=O) groups excluding carboxylic acids is 2. The molecule has 5 nitrogen and oxygen atoms in total. The maximum Gasteiger partial charge on any atom is 0.259 e. The summed E-state index contributed by atoms with van der Waals surface area (Å²) in [5.41, 5.74) is 2.37. The molecule has 0 atom stereocenters. The summed E-state index contributed by atoms with van der Waals surface area (Å²) >= 11 is 3.40. The average Bonchev–Trinajstić information content (AvgIpc) is 2.74. The fourth-order valence-corrected chi connectivity index (χ4v) is 3.25. The molecule has 0 aliphatic rings. The van der Waals surface area contributed by atoms with Crippen molar-refractivity contribution in [3.63, 3.8) is 0 Å². The fourth-order valence-electron chi connectivity index (χ4n) is 2.89. The van der Waals surface area contributed by atoms with Crippen LogP contribution in [0.5, 0.6) is 5.75 Å². The number of anilines is 2. The molecule has 3 rings (SSSR count). The third-order valence-corrected chi connectivity index (χ3v) is 4.88. The fraction of sp³-hybridized carbons (Fsp3) is 0.167. The second-order valence-electron chi connectivity index (χ2n) is 7.04. The number of benzene rings is 3. The van der Waals surface area contributed by atoms with E-state index in [9.17, 15) is 9.59 Å². The first-order valence-electron chi connectivity index (χ1n) is 9.56. The summed E-state index contributed by atoms with van der Waals surface area (Å²) in [6.07, 6.45) is -0.0513. The number of carbonyl (C=O) groups is 2. The van der Waals surface area contributed by atoms with Crippen LogP contribution < -0.4 is 15.0 Å². The summed E-state index contributed by atoms with van der Waals surface area (Å²) in [6.45, 7) is 3.82. The van der Waals surface area contributed by atoms with Crippen molar-refractivity contribution in [2.24, 2.45) is 0 Å². The van der Waals surface area contributed by atoms with Gasteiger partial charge in [-0.05, 0) is 68.4 Å². The molecule has 3 aromatic carbocycles. The summed E-state index contributed by atoms with van der Waals surface area (Å²) < 4.78 is 6.53. The van der Waals surface area contributed by atoms with E-state index in [1.54, 1.807) is 48.3 Å². The van der Waals surface area contributed by atoms with E-state index in [0.29, 0.717) is 22.6 Å². The normalized spacial score (nSPS) is 10.6. The molecular weight excluding hydrogens is 444 g/mol. The molecule has 0 unspecified atom stereocenters. The lowest BCUT2D eigenvalue weighted by molar-refractivity contribution is 0.0991. The lowest BCUT2D eigenvalue weighted by Crippen LogP contribution is -2.26. The van der Waals surface area contributed by atoms with Crippen LogP contribution in [0.2, 0.25) is 0 Å². The third kappa shape index (κ3) is 5.27. The van der Waals surface area contributed by atoms with Crippen LogP contribution in [-0.4, -0.2) is 25.0 Å². The van der Waals surface area contributed by atoms with Crippen LogP contribution in [0.1, 0.15) is 34.6 Å². The molecule has 6 heteroatoms. The summed E-state index contributed by atoms with van der Waals surface area (Å²) in [5.74, 6) is 0.105. The van der Waals surface area contributed by atoms with Crippen LogP contribution in [0.3, 0.4) is 0 Å². The Labute approximate surface area is 184 Å². The van der Waals surface area contributed by atoms with Crippen molar-refractivity contribution < 1.29 is 14.3 Å². The Hall–Kier alpha value is -3.12. The Morgan fingerprint density at radius 1 is 0.967 bits per heavy atom. The molecule has 154 valence electrons. The van der Waals surface area contributed by atoms with Gasteiger partial charge in [-0.3, -0.25) is 9.59 Å².